The first kappa shape index (κ1) is 20.8. The molecule has 1 saturated heterocycles. The van der Waals surface area contributed by atoms with Gasteiger partial charge < -0.3 is 9.64 Å². The second-order valence-electron chi connectivity index (χ2n) is 7.27. The molecule has 0 spiro atoms. The molecule has 0 bridgehead atoms. The Balaban J connectivity index is 1.56. The summed E-state index contributed by atoms with van der Waals surface area (Å²) in [5.41, 5.74) is 0.559. The molecule has 2 aromatic rings. The monoisotopic (exact) mass is 406 g/mol. The minimum atomic E-state index is -0.326. The van der Waals surface area contributed by atoms with Crippen molar-refractivity contribution in [2.45, 2.75) is 38.4 Å². The van der Waals surface area contributed by atoms with E-state index in [-0.39, 0.29) is 11.6 Å². The topological polar surface area (TPSA) is 60.2 Å². The number of anilines is 1. The standard InChI is InChI=1S/C20H27FN4O2S/c1-15(2)14-25-19(24-9-11-27-12-10-24)22-23-20(25)28-13-3-4-18(26)16-5-7-17(21)8-6-16/h5-8,15H,3-4,9-14H2,1-2H3. The first-order valence-corrected chi connectivity index (χ1v) is 10.7. The van der Waals surface area contributed by atoms with Gasteiger partial charge in [-0.3, -0.25) is 9.36 Å². The summed E-state index contributed by atoms with van der Waals surface area (Å²) in [6, 6.07) is 5.73. The number of ether oxygens (including phenoxy) is 1. The van der Waals surface area contributed by atoms with Crippen LogP contribution >= 0.6 is 11.8 Å². The average Bonchev–Trinajstić information content (AvgIpc) is 3.08. The van der Waals surface area contributed by atoms with Crippen LogP contribution in [0.2, 0.25) is 0 Å². The summed E-state index contributed by atoms with van der Waals surface area (Å²) in [5.74, 6) is 1.88. The Morgan fingerprint density at radius 2 is 1.93 bits per heavy atom. The van der Waals surface area contributed by atoms with E-state index >= 15 is 0 Å². The van der Waals surface area contributed by atoms with E-state index in [1.165, 1.54) is 12.1 Å². The molecule has 0 atom stereocenters. The Labute approximate surface area is 169 Å². The molecular weight excluding hydrogens is 379 g/mol. The van der Waals surface area contributed by atoms with Crippen LogP contribution in [0, 0.1) is 11.7 Å². The molecule has 0 aliphatic carbocycles. The number of morpholine rings is 1. The van der Waals surface area contributed by atoms with E-state index in [0.29, 0.717) is 31.1 Å². The number of rotatable bonds is 9. The zero-order chi connectivity index (χ0) is 19.9. The van der Waals surface area contributed by atoms with Crippen molar-refractivity contribution >= 4 is 23.5 Å². The van der Waals surface area contributed by atoms with Gasteiger partial charge in [0.2, 0.25) is 5.95 Å². The summed E-state index contributed by atoms with van der Waals surface area (Å²) < 4.78 is 20.6. The highest BCUT2D eigenvalue weighted by atomic mass is 32.2. The van der Waals surface area contributed by atoms with Gasteiger partial charge in [-0.15, -0.1) is 10.2 Å². The number of aromatic nitrogens is 3. The van der Waals surface area contributed by atoms with Crippen LogP contribution in [0.4, 0.5) is 10.3 Å². The van der Waals surface area contributed by atoms with Crippen LogP contribution in [0.25, 0.3) is 0 Å². The van der Waals surface area contributed by atoms with Crippen molar-refractivity contribution in [1.29, 1.82) is 0 Å². The maximum Gasteiger partial charge on any atom is 0.228 e. The lowest BCUT2D eigenvalue weighted by molar-refractivity contribution is 0.0982. The Hall–Kier alpha value is -1.93. The van der Waals surface area contributed by atoms with Crippen LogP contribution in [-0.4, -0.2) is 52.6 Å². The van der Waals surface area contributed by atoms with Crippen LogP contribution in [0.5, 0.6) is 0 Å². The molecule has 0 unspecified atom stereocenters. The molecule has 6 nitrogen and oxygen atoms in total. The van der Waals surface area contributed by atoms with Gasteiger partial charge in [-0.05, 0) is 36.6 Å². The van der Waals surface area contributed by atoms with Gasteiger partial charge in [0.25, 0.3) is 0 Å². The van der Waals surface area contributed by atoms with Crippen LogP contribution in [0.3, 0.4) is 0 Å². The third-order valence-electron chi connectivity index (χ3n) is 4.48. The molecule has 3 rings (SSSR count). The smallest absolute Gasteiger partial charge is 0.228 e. The molecule has 0 amide bonds. The number of Topliss-reactive ketones (excluding diaryl/α,β-unsaturated/α-hetero) is 1. The molecule has 1 aliphatic heterocycles. The average molecular weight is 407 g/mol. The molecular formula is C20H27FN4O2S. The summed E-state index contributed by atoms with van der Waals surface area (Å²) >= 11 is 1.63. The highest BCUT2D eigenvalue weighted by Crippen LogP contribution is 2.25. The maximum atomic E-state index is 13.0. The molecule has 8 heteroatoms. The van der Waals surface area contributed by atoms with Gasteiger partial charge in [-0.1, -0.05) is 25.6 Å². The summed E-state index contributed by atoms with van der Waals surface area (Å²) in [6.45, 7) is 8.29. The minimum absolute atomic E-state index is 0.0400. The van der Waals surface area contributed by atoms with Crippen molar-refractivity contribution in [3.63, 3.8) is 0 Å². The van der Waals surface area contributed by atoms with Gasteiger partial charge in [0, 0.05) is 37.4 Å². The number of carbonyl (C=O) groups excluding carboxylic acids is 1. The van der Waals surface area contributed by atoms with Gasteiger partial charge in [0.15, 0.2) is 10.9 Å². The number of benzene rings is 1. The predicted molar refractivity (Wildman–Crippen MR) is 109 cm³/mol. The predicted octanol–water partition coefficient (Wildman–Crippen LogP) is 3.67. The number of nitrogens with zero attached hydrogens (tertiary/aromatic N) is 4. The number of halogens is 1. The van der Waals surface area contributed by atoms with E-state index in [0.717, 1.165) is 42.9 Å². The second kappa shape index (κ2) is 10.0. The minimum Gasteiger partial charge on any atom is -0.378 e. The zero-order valence-electron chi connectivity index (χ0n) is 16.4. The van der Waals surface area contributed by atoms with E-state index in [2.05, 4.69) is 33.5 Å². The Kier molecular flexibility index (Phi) is 7.44. The lowest BCUT2D eigenvalue weighted by Gasteiger charge is -2.28. The summed E-state index contributed by atoms with van der Waals surface area (Å²) in [5, 5.41) is 9.71. The number of ketones is 1. The number of thioether (sulfide) groups is 1. The van der Waals surface area contributed by atoms with Crippen molar-refractivity contribution in [3.05, 3.63) is 35.6 Å². The van der Waals surface area contributed by atoms with E-state index in [9.17, 15) is 9.18 Å². The van der Waals surface area contributed by atoms with Crippen molar-refractivity contribution < 1.29 is 13.9 Å². The quantitative estimate of drug-likeness (QED) is 0.360. The van der Waals surface area contributed by atoms with Crippen LogP contribution in [0.1, 0.15) is 37.0 Å². The highest BCUT2D eigenvalue weighted by molar-refractivity contribution is 7.99. The molecule has 1 aromatic heterocycles. The SMILES string of the molecule is CC(C)Cn1c(SCCCC(=O)c2ccc(F)cc2)nnc1N1CCOCC1. The third kappa shape index (κ3) is 5.54. The summed E-state index contributed by atoms with van der Waals surface area (Å²) in [6.07, 6.45) is 1.18. The number of hydrogen-bond donors (Lipinski definition) is 0. The molecule has 1 aliphatic rings. The molecule has 0 saturated carbocycles. The van der Waals surface area contributed by atoms with Crippen molar-refractivity contribution in [1.82, 2.24) is 14.8 Å². The molecule has 0 radical (unpaired) electrons. The van der Waals surface area contributed by atoms with E-state index in [4.69, 9.17) is 4.74 Å². The fourth-order valence-electron chi connectivity index (χ4n) is 3.09. The number of hydrogen-bond acceptors (Lipinski definition) is 6. The first-order valence-electron chi connectivity index (χ1n) is 9.72. The lowest BCUT2D eigenvalue weighted by atomic mass is 10.1. The van der Waals surface area contributed by atoms with E-state index in [1.807, 2.05) is 0 Å². The van der Waals surface area contributed by atoms with E-state index in [1.54, 1.807) is 23.9 Å². The van der Waals surface area contributed by atoms with E-state index < -0.39 is 0 Å². The van der Waals surface area contributed by atoms with Gasteiger partial charge in [0.05, 0.1) is 13.2 Å². The lowest BCUT2D eigenvalue weighted by Crippen LogP contribution is -2.38. The maximum absolute atomic E-state index is 13.0. The second-order valence-corrected chi connectivity index (χ2v) is 8.33. The largest absolute Gasteiger partial charge is 0.378 e. The van der Waals surface area contributed by atoms with Crippen molar-refractivity contribution in [3.8, 4) is 0 Å². The molecule has 2 heterocycles. The Morgan fingerprint density at radius 3 is 2.61 bits per heavy atom. The van der Waals surface area contributed by atoms with Gasteiger partial charge in [-0.2, -0.15) is 0 Å². The van der Waals surface area contributed by atoms with Gasteiger partial charge in [0.1, 0.15) is 5.82 Å². The normalized spacial score (nSPS) is 14.6. The third-order valence-corrected chi connectivity index (χ3v) is 5.54. The van der Waals surface area contributed by atoms with Crippen LogP contribution in [-0.2, 0) is 11.3 Å². The Bertz CT molecular complexity index is 773. The molecule has 152 valence electrons. The number of carbonyl (C=O) groups is 1. The molecule has 0 N–H and O–H groups in total. The summed E-state index contributed by atoms with van der Waals surface area (Å²) in [4.78, 5) is 14.4. The first-order chi connectivity index (χ1) is 13.5. The van der Waals surface area contributed by atoms with Crippen molar-refractivity contribution in [2.24, 2.45) is 5.92 Å². The van der Waals surface area contributed by atoms with Crippen LogP contribution < -0.4 is 4.90 Å². The molecule has 1 aromatic carbocycles. The van der Waals surface area contributed by atoms with Gasteiger partial charge in [-0.25, -0.2) is 4.39 Å². The van der Waals surface area contributed by atoms with Crippen LogP contribution in [0.15, 0.2) is 29.4 Å². The fourth-order valence-corrected chi connectivity index (χ4v) is 3.97. The zero-order valence-corrected chi connectivity index (χ0v) is 17.3. The fraction of sp³-hybridized carbons (Fsp3) is 0.550. The Morgan fingerprint density at radius 1 is 1.21 bits per heavy atom. The van der Waals surface area contributed by atoms with Crippen molar-refractivity contribution in [2.75, 3.05) is 37.0 Å². The highest BCUT2D eigenvalue weighted by Gasteiger charge is 2.21. The van der Waals surface area contributed by atoms with Gasteiger partial charge >= 0.3 is 0 Å². The summed E-state index contributed by atoms with van der Waals surface area (Å²) in [7, 11) is 0. The molecule has 1 fully saturated rings. The molecule has 28 heavy (non-hydrogen) atoms.